The van der Waals surface area contributed by atoms with Crippen LogP contribution in [0, 0.1) is 17.0 Å². The van der Waals surface area contributed by atoms with Crippen LogP contribution in [0.25, 0.3) is 21.3 Å². The summed E-state index contributed by atoms with van der Waals surface area (Å²) >= 11 is 2.71. The number of hydrogen-bond acceptors (Lipinski definition) is 5. The molecule has 3 aromatic carbocycles. The molecule has 0 atom stereocenters. The minimum Gasteiger partial charge on any atom is -0.334 e. The molecule has 3 heterocycles. The Morgan fingerprint density at radius 3 is 2.33 bits per heavy atom. The molecule has 6 rings (SSSR count). The van der Waals surface area contributed by atoms with Crippen molar-refractivity contribution in [3.8, 4) is 11.1 Å². The van der Waals surface area contributed by atoms with E-state index >= 15 is 0 Å². The van der Waals surface area contributed by atoms with E-state index in [0.717, 1.165) is 72.4 Å². The number of aromatic nitrogens is 1. The van der Waals surface area contributed by atoms with Gasteiger partial charge in [-0.2, -0.15) is 0 Å². The number of benzene rings is 3. The molecule has 1 fully saturated rings. The minimum absolute atomic E-state index is 0.0297. The van der Waals surface area contributed by atoms with Crippen molar-refractivity contribution in [3.63, 3.8) is 0 Å². The lowest BCUT2D eigenvalue weighted by atomic mass is 9.99. The highest BCUT2D eigenvalue weighted by molar-refractivity contribution is 7.98. The van der Waals surface area contributed by atoms with Gasteiger partial charge in [0.15, 0.2) is 11.6 Å². The zero-order valence-electron chi connectivity index (χ0n) is 27.4. The van der Waals surface area contributed by atoms with E-state index in [1.165, 1.54) is 41.3 Å². The summed E-state index contributed by atoms with van der Waals surface area (Å²) in [4.78, 5) is 18.8. The number of piperidine rings is 1. The van der Waals surface area contributed by atoms with Gasteiger partial charge in [0.1, 0.15) is 6.54 Å². The Morgan fingerprint density at radius 1 is 1.00 bits per heavy atom. The van der Waals surface area contributed by atoms with Crippen molar-refractivity contribution in [1.29, 1.82) is 5.41 Å². The monoisotopic (exact) mass is 706 g/mol. The number of hydrogen-bond donors (Lipinski definition) is 1. The predicted molar refractivity (Wildman–Crippen MR) is 189 cm³/mol. The summed E-state index contributed by atoms with van der Waals surface area (Å²) in [5.41, 5.74) is 3.61. The average Bonchev–Trinajstić information content (AvgIpc) is 3.60. The van der Waals surface area contributed by atoms with E-state index in [-0.39, 0.29) is 35.4 Å². The summed E-state index contributed by atoms with van der Waals surface area (Å²) in [5.74, 6) is -4.63. The summed E-state index contributed by atoms with van der Waals surface area (Å²) < 4.78 is 58.6. The molecule has 1 saturated heterocycles. The Bertz CT molecular complexity index is 1980. The van der Waals surface area contributed by atoms with E-state index in [1.807, 2.05) is 45.2 Å². The van der Waals surface area contributed by atoms with Crippen molar-refractivity contribution in [1.82, 2.24) is 14.4 Å². The van der Waals surface area contributed by atoms with Crippen LogP contribution < -0.4 is 5.36 Å². The number of pyridine rings is 1. The highest BCUT2D eigenvalue weighted by atomic mass is 32.2. The summed E-state index contributed by atoms with van der Waals surface area (Å²) in [6.45, 7) is 6.20. The van der Waals surface area contributed by atoms with Gasteiger partial charge in [-0.25, -0.2) is 17.6 Å². The normalized spacial score (nSPS) is 14.4. The molecule has 0 aliphatic carbocycles. The van der Waals surface area contributed by atoms with Crippen molar-refractivity contribution < 1.29 is 22.4 Å². The molecule has 0 bridgehead atoms. The number of nitrogens with zero attached hydrogens (tertiary/aromatic N) is 3. The lowest BCUT2D eigenvalue weighted by Gasteiger charge is -2.38. The molecule has 2 aromatic heterocycles. The van der Waals surface area contributed by atoms with Gasteiger partial charge in [0.05, 0.1) is 20.6 Å². The Balaban J connectivity index is 1.27. The molecule has 0 radical (unpaired) electrons. The van der Waals surface area contributed by atoms with Gasteiger partial charge in [-0.05, 0) is 59.7 Å². The Morgan fingerprint density at radius 2 is 1.67 bits per heavy atom. The van der Waals surface area contributed by atoms with Gasteiger partial charge in [0, 0.05) is 49.5 Å². The highest BCUT2D eigenvalue weighted by Gasteiger charge is 2.29. The molecule has 1 aliphatic heterocycles. The Hall–Kier alpha value is -3.93. The summed E-state index contributed by atoms with van der Waals surface area (Å²) in [5, 5.41) is 11.5. The van der Waals surface area contributed by atoms with E-state index < -0.39 is 17.6 Å². The molecular weight excluding hydrogens is 669 g/mol. The number of thioether (sulfide) groups is 1. The fourth-order valence-electron chi connectivity index (χ4n) is 6.35. The van der Waals surface area contributed by atoms with Crippen molar-refractivity contribution in [3.05, 3.63) is 118 Å². The first-order chi connectivity index (χ1) is 23.5. The number of likely N-dealkylation sites (tertiary alicyclic amines) is 1. The van der Waals surface area contributed by atoms with Crippen molar-refractivity contribution >= 4 is 39.2 Å². The maximum atomic E-state index is 14.5. The molecule has 0 spiro atoms. The molecular formula is C38H38F4N4OS2. The van der Waals surface area contributed by atoms with Crippen LogP contribution in [0.3, 0.4) is 0 Å². The summed E-state index contributed by atoms with van der Waals surface area (Å²) in [6.07, 6.45) is 1.69. The van der Waals surface area contributed by atoms with Crippen molar-refractivity contribution in [2.45, 2.75) is 62.5 Å². The largest absolute Gasteiger partial charge is 0.334 e. The quantitative estimate of drug-likeness (QED) is 0.110. The number of carbonyl (C=O) groups excluding carboxylic acids is 1. The second kappa shape index (κ2) is 14.9. The molecule has 256 valence electrons. The van der Waals surface area contributed by atoms with Gasteiger partial charge in [-0.1, -0.05) is 67.6 Å². The Labute approximate surface area is 291 Å². The standard InChI is InChI=1S/C38H38F4N4OS2/c1-3-44-18-15-30(16-19-44)45(22-25-7-9-26(10-8-25)27-11-13-29(14-12-27)38(2,41)42)34(47)23-46-33-17-20-48-37(33)32(43)21-35(46)49-24-28-5-4-6-31(39)36(28)40/h4-14,17,20-21,30,43H,3,15-16,18-19,22-24H2,1-2H3. The number of amides is 1. The first-order valence-electron chi connectivity index (χ1n) is 16.3. The molecule has 1 amide bonds. The lowest BCUT2D eigenvalue weighted by Crippen LogP contribution is -2.48. The lowest BCUT2D eigenvalue weighted by molar-refractivity contribution is -0.136. The Kier molecular flexibility index (Phi) is 10.6. The van der Waals surface area contributed by atoms with E-state index in [2.05, 4.69) is 11.8 Å². The van der Waals surface area contributed by atoms with Gasteiger partial charge in [0.2, 0.25) is 5.91 Å². The number of nitrogens with one attached hydrogen (secondary N) is 1. The summed E-state index contributed by atoms with van der Waals surface area (Å²) in [7, 11) is 0. The molecule has 11 heteroatoms. The molecule has 1 aliphatic rings. The van der Waals surface area contributed by atoms with E-state index in [1.54, 1.807) is 24.3 Å². The van der Waals surface area contributed by atoms with Crippen LogP contribution in [0.15, 0.2) is 89.3 Å². The summed E-state index contributed by atoms with van der Waals surface area (Å²) in [6, 6.07) is 21.9. The molecule has 0 unspecified atom stereocenters. The van der Waals surface area contributed by atoms with E-state index in [4.69, 9.17) is 5.41 Å². The maximum absolute atomic E-state index is 14.5. The number of thiophene rings is 1. The average molecular weight is 707 g/mol. The minimum atomic E-state index is -2.90. The van der Waals surface area contributed by atoms with Gasteiger partial charge >= 0.3 is 0 Å². The van der Waals surface area contributed by atoms with Gasteiger partial charge < -0.3 is 14.4 Å². The van der Waals surface area contributed by atoms with Crippen LogP contribution in [-0.2, 0) is 29.6 Å². The topological polar surface area (TPSA) is 52.3 Å². The number of halogens is 4. The zero-order chi connectivity index (χ0) is 34.7. The van der Waals surface area contributed by atoms with Crippen LogP contribution in [-0.4, -0.2) is 46.0 Å². The third kappa shape index (κ3) is 7.95. The highest BCUT2D eigenvalue weighted by Crippen LogP contribution is 2.31. The van der Waals surface area contributed by atoms with Gasteiger partial charge in [-0.15, -0.1) is 23.1 Å². The third-order valence-electron chi connectivity index (χ3n) is 9.21. The van der Waals surface area contributed by atoms with Crippen LogP contribution in [0.2, 0.25) is 0 Å². The first kappa shape index (κ1) is 34.9. The molecule has 5 aromatic rings. The smallest absolute Gasteiger partial charge is 0.270 e. The van der Waals surface area contributed by atoms with Crippen LogP contribution in [0.5, 0.6) is 0 Å². The SMILES string of the molecule is CCN1CCC(N(Cc2ccc(-c3ccc(C(C)(F)F)cc3)cc2)C(=O)Cn2c(SCc3cccc(F)c3F)cc(=N)c3sccc32)CC1. The van der Waals surface area contributed by atoms with Crippen LogP contribution in [0.1, 0.15) is 43.4 Å². The number of rotatable bonds is 11. The van der Waals surface area contributed by atoms with E-state index in [9.17, 15) is 22.4 Å². The van der Waals surface area contributed by atoms with Crippen LogP contribution in [0.4, 0.5) is 17.6 Å². The number of alkyl halides is 2. The van der Waals surface area contributed by atoms with Gasteiger partial charge in [0.25, 0.3) is 5.92 Å². The van der Waals surface area contributed by atoms with Gasteiger partial charge in [-0.3, -0.25) is 10.2 Å². The number of carbonyl (C=O) groups is 1. The second-order valence-corrected chi connectivity index (χ2v) is 14.4. The number of fused-ring (bicyclic) bond motifs is 1. The molecule has 0 saturated carbocycles. The van der Waals surface area contributed by atoms with Crippen LogP contribution >= 0.6 is 23.1 Å². The zero-order valence-corrected chi connectivity index (χ0v) is 29.0. The fourth-order valence-corrected chi connectivity index (χ4v) is 8.21. The predicted octanol–water partition coefficient (Wildman–Crippen LogP) is 9.04. The molecule has 5 nitrogen and oxygen atoms in total. The molecule has 1 N–H and O–H groups in total. The first-order valence-corrected chi connectivity index (χ1v) is 18.2. The molecule has 49 heavy (non-hydrogen) atoms. The maximum Gasteiger partial charge on any atom is 0.270 e. The fraction of sp³-hybridized carbons (Fsp3) is 0.316. The van der Waals surface area contributed by atoms with E-state index in [0.29, 0.717) is 16.9 Å². The van der Waals surface area contributed by atoms with Crippen molar-refractivity contribution in [2.75, 3.05) is 19.6 Å². The van der Waals surface area contributed by atoms with Crippen molar-refractivity contribution in [2.24, 2.45) is 0 Å². The second-order valence-electron chi connectivity index (χ2n) is 12.5. The third-order valence-corrected chi connectivity index (χ3v) is 11.2.